The van der Waals surface area contributed by atoms with Crippen LogP contribution in [0.25, 0.3) is 0 Å². The summed E-state index contributed by atoms with van der Waals surface area (Å²) < 4.78 is 0. The highest BCUT2D eigenvalue weighted by Crippen LogP contribution is 2.32. The van der Waals surface area contributed by atoms with E-state index in [4.69, 9.17) is 5.11 Å². The van der Waals surface area contributed by atoms with Gasteiger partial charge in [-0.05, 0) is 37.1 Å². The molecule has 1 aliphatic carbocycles. The van der Waals surface area contributed by atoms with E-state index in [0.29, 0.717) is 10.8 Å². The van der Waals surface area contributed by atoms with Crippen molar-refractivity contribution < 1.29 is 9.90 Å². The Labute approximate surface area is 127 Å². The van der Waals surface area contributed by atoms with Crippen LogP contribution in [0.3, 0.4) is 0 Å². The summed E-state index contributed by atoms with van der Waals surface area (Å²) in [5.41, 5.74) is 0.371. The molecule has 0 saturated heterocycles. The van der Waals surface area contributed by atoms with E-state index < -0.39 is 5.97 Å². The lowest BCUT2D eigenvalue weighted by Crippen LogP contribution is -2.00. The smallest absolute Gasteiger partial charge is 0.335 e. The zero-order valence-electron chi connectivity index (χ0n) is 12.6. The van der Waals surface area contributed by atoms with Crippen molar-refractivity contribution in [1.29, 1.82) is 0 Å². The second kappa shape index (κ2) is 9.87. The molecule has 1 fully saturated rings. The summed E-state index contributed by atoms with van der Waals surface area (Å²) in [6.07, 6.45) is 9.26. The molecule has 1 aromatic carbocycles. The second-order valence-corrected chi connectivity index (χ2v) is 6.64. The van der Waals surface area contributed by atoms with Crippen LogP contribution in [-0.4, -0.2) is 16.3 Å². The Morgan fingerprint density at radius 2 is 1.60 bits per heavy atom. The highest BCUT2D eigenvalue weighted by atomic mass is 32.2. The molecule has 20 heavy (non-hydrogen) atoms. The van der Waals surface area contributed by atoms with Gasteiger partial charge in [-0.1, -0.05) is 46.0 Å². The van der Waals surface area contributed by atoms with Crippen molar-refractivity contribution in [3.8, 4) is 0 Å². The Morgan fingerprint density at radius 3 is 2.05 bits per heavy atom. The fourth-order valence-corrected chi connectivity index (χ4v) is 3.48. The Kier molecular flexibility index (Phi) is 8.43. The van der Waals surface area contributed by atoms with Gasteiger partial charge in [-0.3, -0.25) is 0 Å². The number of aromatic carboxylic acids is 1. The van der Waals surface area contributed by atoms with Crippen LogP contribution in [0, 0.1) is 0 Å². The largest absolute Gasteiger partial charge is 0.478 e. The third-order valence-electron chi connectivity index (χ3n) is 3.21. The van der Waals surface area contributed by atoms with Crippen molar-refractivity contribution in [2.24, 2.45) is 0 Å². The van der Waals surface area contributed by atoms with Crippen molar-refractivity contribution in [2.75, 3.05) is 0 Å². The molecule has 0 amide bonds. The fraction of sp³-hybridized carbons (Fsp3) is 0.588. The summed E-state index contributed by atoms with van der Waals surface area (Å²) in [5.74, 6) is -0.851. The zero-order valence-corrected chi connectivity index (χ0v) is 13.4. The molecule has 112 valence electrons. The van der Waals surface area contributed by atoms with Gasteiger partial charge in [-0.15, -0.1) is 11.8 Å². The van der Waals surface area contributed by atoms with Gasteiger partial charge in [0.05, 0.1) is 5.56 Å². The molecule has 0 aliphatic heterocycles. The highest BCUT2D eigenvalue weighted by molar-refractivity contribution is 8.00. The van der Waals surface area contributed by atoms with Gasteiger partial charge in [-0.2, -0.15) is 0 Å². The number of benzene rings is 1. The maximum absolute atomic E-state index is 10.7. The summed E-state index contributed by atoms with van der Waals surface area (Å²) in [6.45, 7) is 4.25. The molecule has 2 rings (SSSR count). The van der Waals surface area contributed by atoms with Gasteiger partial charge in [0.25, 0.3) is 0 Å². The topological polar surface area (TPSA) is 37.3 Å². The molecule has 0 heterocycles. The van der Waals surface area contributed by atoms with Gasteiger partial charge in [0.2, 0.25) is 0 Å². The molecule has 0 spiro atoms. The molecule has 1 N–H and O–H groups in total. The van der Waals surface area contributed by atoms with E-state index in [2.05, 4.69) is 13.8 Å². The predicted molar refractivity (Wildman–Crippen MR) is 86.7 cm³/mol. The minimum Gasteiger partial charge on any atom is -0.478 e. The average molecular weight is 294 g/mol. The maximum Gasteiger partial charge on any atom is 0.335 e. The first-order chi connectivity index (χ1) is 9.67. The number of hydrogen-bond donors (Lipinski definition) is 1. The number of carboxylic acids is 1. The lowest BCUT2D eigenvalue weighted by Gasteiger charge is -2.13. The molecule has 0 bridgehead atoms. The molecule has 3 heteroatoms. The van der Waals surface area contributed by atoms with Crippen LogP contribution in [-0.2, 0) is 0 Å². The quantitative estimate of drug-likeness (QED) is 0.735. The summed E-state index contributed by atoms with van der Waals surface area (Å²) in [4.78, 5) is 11.9. The number of hydrogen-bond acceptors (Lipinski definition) is 2. The third kappa shape index (κ3) is 6.47. The molecule has 0 unspecified atom stereocenters. The van der Waals surface area contributed by atoms with Crippen molar-refractivity contribution in [1.82, 2.24) is 0 Å². The van der Waals surface area contributed by atoms with Crippen LogP contribution >= 0.6 is 11.8 Å². The average Bonchev–Trinajstić information content (AvgIpc) is 2.69. The fourth-order valence-electron chi connectivity index (χ4n) is 2.23. The van der Waals surface area contributed by atoms with E-state index in [-0.39, 0.29) is 0 Å². The van der Waals surface area contributed by atoms with Crippen LogP contribution < -0.4 is 0 Å². The Bertz CT molecular complexity index is 378. The van der Waals surface area contributed by atoms with Crippen molar-refractivity contribution in [3.63, 3.8) is 0 Å². The SMILES string of the molecule is CCC.O=C(O)c1ccc(SC2CCCCCC2)cc1. The molecule has 0 radical (unpaired) electrons. The number of thioether (sulfide) groups is 1. The maximum atomic E-state index is 10.7. The molecular weight excluding hydrogens is 268 g/mol. The van der Waals surface area contributed by atoms with Crippen LogP contribution in [0.15, 0.2) is 29.2 Å². The number of carbonyl (C=O) groups is 1. The Balaban J connectivity index is 0.000000612. The normalized spacial score (nSPS) is 15.9. The molecule has 1 aromatic rings. The molecule has 1 aliphatic rings. The zero-order chi connectivity index (χ0) is 14.8. The highest BCUT2D eigenvalue weighted by Gasteiger charge is 2.13. The van der Waals surface area contributed by atoms with Gasteiger partial charge in [0.15, 0.2) is 0 Å². The summed E-state index contributed by atoms with van der Waals surface area (Å²) in [7, 11) is 0. The van der Waals surface area contributed by atoms with Gasteiger partial charge >= 0.3 is 5.97 Å². The van der Waals surface area contributed by atoms with E-state index in [9.17, 15) is 4.79 Å². The third-order valence-corrected chi connectivity index (χ3v) is 4.56. The minimum atomic E-state index is -0.851. The van der Waals surface area contributed by atoms with E-state index >= 15 is 0 Å². The molecule has 0 atom stereocenters. The van der Waals surface area contributed by atoms with Gasteiger partial charge in [0, 0.05) is 10.1 Å². The van der Waals surface area contributed by atoms with E-state index in [1.54, 1.807) is 12.1 Å². The standard InChI is InChI=1S/C14H18O2S.C3H8/c15-14(16)11-7-9-13(10-8-11)17-12-5-3-1-2-4-6-12;1-3-2/h7-10,12H,1-6H2,(H,15,16);3H2,1-2H3. The van der Waals surface area contributed by atoms with Crippen molar-refractivity contribution >= 4 is 17.7 Å². The van der Waals surface area contributed by atoms with E-state index in [0.717, 1.165) is 0 Å². The first-order valence-electron chi connectivity index (χ1n) is 7.67. The lowest BCUT2D eigenvalue weighted by molar-refractivity contribution is 0.0697. The van der Waals surface area contributed by atoms with Crippen LogP contribution in [0.5, 0.6) is 0 Å². The first-order valence-corrected chi connectivity index (χ1v) is 8.55. The van der Waals surface area contributed by atoms with Crippen molar-refractivity contribution in [3.05, 3.63) is 29.8 Å². The van der Waals surface area contributed by atoms with Gasteiger partial charge in [0.1, 0.15) is 0 Å². The molecule has 0 aromatic heterocycles. The van der Waals surface area contributed by atoms with Gasteiger partial charge < -0.3 is 5.11 Å². The first kappa shape index (κ1) is 17.1. The summed E-state index contributed by atoms with van der Waals surface area (Å²) in [5, 5.41) is 9.54. The van der Waals surface area contributed by atoms with E-state index in [1.807, 2.05) is 23.9 Å². The minimum absolute atomic E-state index is 0.371. The number of rotatable bonds is 3. The van der Waals surface area contributed by atoms with Crippen LogP contribution in [0.2, 0.25) is 0 Å². The Morgan fingerprint density at radius 1 is 1.10 bits per heavy atom. The van der Waals surface area contributed by atoms with E-state index in [1.165, 1.54) is 49.8 Å². The predicted octanol–water partition coefficient (Wildman–Crippen LogP) is 5.62. The summed E-state index contributed by atoms with van der Waals surface area (Å²) >= 11 is 1.91. The second-order valence-electron chi connectivity index (χ2n) is 5.27. The molecule has 2 nitrogen and oxygen atoms in total. The molecule has 1 saturated carbocycles. The van der Waals surface area contributed by atoms with Gasteiger partial charge in [-0.25, -0.2) is 4.79 Å². The molecular formula is C17H26O2S. The van der Waals surface area contributed by atoms with Crippen LogP contribution in [0.1, 0.15) is 69.2 Å². The Hall–Kier alpha value is -0.960. The number of carboxylic acid groups (broad SMARTS) is 1. The lowest BCUT2D eigenvalue weighted by atomic mass is 10.2. The van der Waals surface area contributed by atoms with Crippen LogP contribution in [0.4, 0.5) is 0 Å². The monoisotopic (exact) mass is 294 g/mol. The summed E-state index contributed by atoms with van der Waals surface area (Å²) in [6, 6.07) is 7.25. The van der Waals surface area contributed by atoms with Crippen molar-refractivity contribution in [2.45, 2.75) is 68.9 Å².